The van der Waals surface area contributed by atoms with Gasteiger partial charge in [0, 0.05) is 43.9 Å². The minimum absolute atomic E-state index is 0.765. The van der Waals surface area contributed by atoms with Gasteiger partial charge in [-0.2, -0.15) is 0 Å². The zero-order valence-electron chi connectivity index (χ0n) is 12.3. The molecular formula is C15H25N3OS. The Labute approximate surface area is 125 Å². The van der Waals surface area contributed by atoms with E-state index in [4.69, 9.17) is 4.74 Å². The molecule has 0 spiro atoms. The Morgan fingerprint density at radius 3 is 3.20 bits per heavy atom. The maximum Gasteiger partial charge on any atom is 0.185 e. The second-order valence-corrected chi connectivity index (χ2v) is 6.97. The second-order valence-electron chi connectivity index (χ2n) is 5.87. The first-order valence-corrected chi connectivity index (χ1v) is 8.61. The van der Waals surface area contributed by atoms with Crippen molar-refractivity contribution in [3.8, 4) is 0 Å². The number of nitrogens with one attached hydrogen (secondary N) is 1. The van der Waals surface area contributed by atoms with E-state index in [1.54, 1.807) is 7.11 Å². The molecule has 1 N–H and O–H groups in total. The van der Waals surface area contributed by atoms with Gasteiger partial charge in [-0.25, -0.2) is 4.98 Å². The average molecular weight is 295 g/mol. The van der Waals surface area contributed by atoms with E-state index in [0.29, 0.717) is 0 Å². The monoisotopic (exact) mass is 295 g/mol. The van der Waals surface area contributed by atoms with Crippen molar-refractivity contribution in [2.24, 2.45) is 5.92 Å². The minimum Gasteiger partial charge on any atom is -0.383 e. The summed E-state index contributed by atoms with van der Waals surface area (Å²) in [5.41, 5.74) is 0. The van der Waals surface area contributed by atoms with Gasteiger partial charge in [-0.1, -0.05) is 6.42 Å². The van der Waals surface area contributed by atoms with E-state index in [9.17, 15) is 0 Å². The third kappa shape index (κ3) is 3.15. The van der Waals surface area contributed by atoms with Crippen molar-refractivity contribution in [2.75, 3.05) is 31.7 Å². The number of nitrogens with zero attached hydrogens (tertiary/aromatic N) is 2. The van der Waals surface area contributed by atoms with Crippen molar-refractivity contribution < 1.29 is 4.74 Å². The van der Waals surface area contributed by atoms with Crippen molar-refractivity contribution >= 4 is 16.5 Å². The van der Waals surface area contributed by atoms with E-state index in [1.165, 1.54) is 48.7 Å². The SMILES string of the molecule is COCCNCc1cnc(N2CCCC3CCCC32)s1. The molecule has 1 aliphatic heterocycles. The lowest BCUT2D eigenvalue weighted by Gasteiger charge is -2.37. The summed E-state index contributed by atoms with van der Waals surface area (Å²) in [6, 6.07) is 0.768. The van der Waals surface area contributed by atoms with Crippen molar-refractivity contribution in [3.05, 3.63) is 11.1 Å². The fourth-order valence-corrected chi connectivity index (χ4v) is 4.55. The van der Waals surface area contributed by atoms with Gasteiger partial charge in [-0.05, 0) is 31.6 Å². The largest absolute Gasteiger partial charge is 0.383 e. The third-order valence-corrected chi connectivity index (χ3v) is 5.60. The lowest BCUT2D eigenvalue weighted by Crippen LogP contribution is -2.42. The van der Waals surface area contributed by atoms with Gasteiger partial charge in [0.1, 0.15) is 0 Å². The fraction of sp³-hybridized carbons (Fsp3) is 0.800. The molecule has 1 aliphatic carbocycles. The maximum absolute atomic E-state index is 5.04. The summed E-state index contributed by atoms with van der Waals surface area (Å²) in [6.07, 6.45) is 9.00. The van der Waals surface area contributed by atoms with Crippen LogP contribution in [0.2, 0.25) is 0 Å². The van der Waals surface area contributed by atoms with Gasteiger partial charge in [0.15, 0.2) is 5.13 Å². The second kappa shape index (κ2) is 6.87. The maximum atomic E-state index is 5.04. The lowest BCUT2D eigenvalue weighted by atomic mass is 9.92. The summed E-state index contributed by atoms with van der Waals surface area (Å²) >= 11 is 1.86. The van der Waals surface area contributed by atoms with Crippen LogP contribution in [0.25, 0.3) is 0 Å². The Morgan fingerprint density at radius 1 is 1.40 bits per heavy atom. The number of thiazole rings is 1. The van der Waals surface area contributed by atoms with E-state index in [0.717, 1.165) is 31.7 Å². The number of methoxy groups -OCH3 is 1. The molecule has 0 bridgehead atoms. The summed E-state index contributed by atoms with van der Waals surface area (Å²) in [5, 5.41) is 4.63. The van der Waals surface area contributed by atoms with Gasteiger partial charge in [0.25, 0.3) is 0 Å². The number of anilines is 1. The first-order valence-electron chi connectivity index (χ1n) is 7.79. The standard InChI is InChI=1S/C15H25N3OS/c1-19-9-7-16-10-13-11-17-15(20-13)18-8-3-5-12-4-2-6-14(12)18/h11-12,14,16H,2-10H2,1H3. The van der Waals surface area contributed by atoms with Gasteiger partial charge >= 0.3 is 0 Å². The topological polar surface area (TPSA) is 37.4 Å². The number of fused-ring (bicyclic) bond motifs is 1. The molecule has 2 aliphatic rings. The molecule has 2 heterocycles. The number of piperidine rings is 1. The molecule has 0 radical (unpaired) electrons. The minimum atomic E-state index is 0.765. The molecule has 5 heteroatoms. The van der Waals surface area contributed by atoms with Crippen molar-refractivity contribution in [1.29, 1.82) is 0 Å². The molecule has 2 fully saturated rings. The van der Waals surface area contributed by atoms with E-state index < -0.39 is 0 Å². The van der Waals surface area contributed by atoms with Crippen molar-refractivity contribution in [1.82, 2.24) is 10.3 Å². The molecule has 0 amide bonds. The van der Waals surface area contributed by atoms with Crippen LogP contribution >= 0.6 is 11.3 Å². The van der Waals surface area contributed by atoms with Crippen LogP contribution < -0.4 is 10.2 Å². The summed E-state index contributed by atoms with van der Waals surface area (Å²) in [6.45, 7) is 3.77. The van der Waals surface area contributed by atoms with Crippen molar-refractivity contribution in [2.45, 2.75) is 44.7 Å². The molecule has 112 valence electrons. The normalized spacial score (nSPS) is 25.9. The highest BCUT2D eigenvalue weighted by Gasteiger charge is 2.36. The molecule has 4 nitrogen and oxygen atoms in total. The molecule has 1 saturated heterocycles. The number of rotatable bonds is 6. The highest BCUT2D eigenvalue weighted by Crippen LogP contribution is 2.40. The molecule has 2 atom stereocenters. The predicted octanol–water partition coefficient (Wildman–Crippen LogP) is 2.65. The lowest BCUT2D eigenvalue weighted by molar-refractivity contribution is 0.199. The van der Waals surface area contributed by atoms with E-state index in [2.05, 4.69) is 15.2 Å². The zero-order valence-corrected chi connectivity index (χ0v) is 13.1. The summed E-state index contributed by atoms with van der Waals surface area (Å²) in [5.74, 6) is 0.927. The Morgan fingerprint density at radius 2 is 2.30 bits per heavy atom. The highest BCUT2D eigenvalue weighted by molar-refractivity contribution is 7.15. The molecule has 1 aromatic rings. The van der Waals surface area contributed by atoms with Gasteiger partial charge in [-0.15, -0.1) is 11.3 Å². The van der Waals surface area contributed by atoms with E-state index >= 15 is 0 Å². The van der Waals surface area contributed by atoms with E-state index in [-0.39, 0.29) is 0 Å². The van der Waals surface area contributed by atoms with Crippen LogP contribution in [0.3, 0.4) is 0 Å². The van der Waals surface area contributed by atoms with E-state index in [1.807, 2.05) is 17.5 Å². The Kier molecular flexibility index (Phi) is 4.91. The van der Waals surface area contributed by atoms with Crippen LogP contribution in [0.5, 0.6) is 0 Å². The van der Waals surface area contributed by atoms with Gasteiger partial charge in [0.05, 0.1) is 6.61 Å². The van der Waals surface area contributed by atoms with Crippen LogP contribution in [0.15, 0.2) is 6.20 Å². The quantitative estimate of drug-likeness (QED) is 0.819. The zero-order chi connectivity index (χ0) is 13.8. The van der Waals surface area contributed by atoms with Crippen LogP contribution in [-0.2, 0) is 11.3 Å². The molecule has 1 saturated carbocycles. The third-order valence-electron chi connectivity index (χ3n) is 4.56. The average Bonchev–Trinajstić information content (AvgIpc) is 3.12. The number of aromatic nitrogens is 1. The molecule has 1 aromatic heterocycles. The fourth-order valence-electron chi connectivity index (χ4n) is 3.59. The summed E-state index contributed by atoms with van der Waals surface area (Å²) in [4.78, 5) is 8.59. The Bertz CT molecular complexity index is 423. The molecule has 2 unspecified atom stereocenters. The summed E-state index contributed by atoms with van der Waals surface area (Å²) < 4.78 is 5.04. The summed E-state index contributed by atoms with van der Waals surface area (Å²) in [7, 11) is 1.74. The smallest absolute Gasteiger partial charge is 0.185 e. The Balaban J connectivity index is 1.58. The van der Waals surface area contributed by atoms with Crippen LogP contribution in [0, 0.1) is 5.92 Å². The number of ether oxygens (including phenoxy) is 1. The molecule has 0 aromatic carbocycles. The van der Waals surface area contributed by atoms with Crippen LogP contribution in [0.1, 0.15) is 37.0 Å². The molecule has 3 rings (SSSR count). The van der Waals surface area contributed by atoms with Crippen LogP contribution in [-0.4, -0.2) is 37.8 Å². The Hall–Kier alpha value is -0.650. The molecular weight excluding hydrogens is 270 g/mol. The molecule has 20 heavy (non-hydrogen) atoms. The predicted molar refractivity (Wildman–Crippen MR) is 83.4 cm³/mol. The van der Waals surface area contributed by atoms with Crippen molar-refractivity contribution in [3.63, 3.8) is 0 Å². The van der Waals surface area contributed by atoms with Crippen LogP contribution in [0.4, 0.5) is 5.13 Å². The van der Waals surface area contributed by atoms with Gasteiger partial charge < -0.3 is 15.0 Å². The first kappa shape index (κ1) is 14.3. The highest BCUT2D eigenvalue weighted by atomic mass is 32.1. The number of hydrogen-bond donors (Lipinski definition) is 1. The van der Waals surface area contributed by atoms with Gasteiger partial charge in [0.2, 0.25) is 0 Å². The number of hydrogen-bond acceptors (Lipinski definition) is 5. The first-order chi connectivity index (χ1) is 9.88. The van der Waals surface area contributed by atoms with Gasteiger partial charge in [-0.3, -0.25) is 0 Å².